The van der Waals surface area contributed by atoms with E-state index in [4.69, 9.17) is 5.26 Å². The topological polar surface area (TPSA) is 86.5 Å². The first-order valence-corrected chi connectivity index (χ1v) is 6.41. The molecule has 1 aromatic rings. The normalized spacial score (nSPS) is 14.2. The minimum absolute atomic E-state index is 0.243. The zero-order valence-electron chi connectivity index (χ0n) is 10.3. The molecule has 17 heavy (non-hydrogen) atoms. The van der Waals surface area contributed by atoms with Crippen molar-refractivity contribution in [1.82, 2.24) is 20.1 Å². The molecule has 1 aromatic heterocycles. The van der Waals surface area contributed by atoms with Crippen molar-refractivity contribution < 1.29 is 0 Å². The minimum Gasteiger partial charge on any atom is -0.299 e. The second kappa shape index (κ2) is 5.89. The lowest BCUT2D eigenvalue weighted by Crippen LogP contribution is -2.43. The van der Waals surface area contributed by atoms with Crippen LogP contribution in [0.5, 0.6) is 0 Å². The summed E-state index contributed by atoms with van der Waals surface area (Å²) in [5, 5.41) is 19.2. The first kappa shape index (κ1) is 13.8. The molecule has 1 rings (SSSR count). The van der Waals surface area contributed by atoms with Gasteiger partial charge in [0.2, 0.25) is 0 Å². The van der Waals surface area contributed by atoms with Crippen molar-refractivity contribution in [2.75, 3.05) is 12.3 Å². The fraction of sp³-hybridized carbons (Fsp3) is 0.700. The van der Waals surface area contributed by atoms with Crippen LogP contribution in [0.3, 0.4) is 0 Å². The van der Waals surface area contributed by atoms with Crippen molar-refractivity contribution in [3.8, 4) is 6.07 Å². The van der Waals surface area contributed by atoms with Crippen LogP contribution in [0.15, 0.2) is 9.95 Å². The molecular formula is C10H17N5OS. The Balaban J connectivity index is 2.62. The zero-order chi connectivity index (χ0) is 12.9. The third-order valence-corrected chi connectivity index (χ3v) is 3.69. The average molecular weight is 255 g/mol. The van der Waals surface area contributed by atoms with E-state index in [1.807, 2.05) is 6.92 Å². The third-order valence-electron chi connectivity index (χ3n) is 2.34. The van der Waals surface area contributed by atoms with Crippen LogP contribution in [-0.2, 0) is 7.05 Å². The predicted octanol–water partition coefficient (Wildman–Crippen LogP) is 0.482. The van der Waals surface area contributed by atoms with E-state index in [1.54, 1.807) is 7.05 Å². The molecule has 0 aliphatic heterocycles. The van der Waals surface area contributed by atoms with Gasteiger partial charge >= 0.3 is 5.69 Å². The first-order valence-electron chi connectivity index (χ1n) is 5.43. The number of rotatable bonds is 6. The molecule has 0 bridgehead atoms. The van der Waals surface area contributed by atoms with Crippen molar-refractivity contribution in [2.45, 2.75) is 31.0 Å². The Bertz CT molecular complexity index is 460. The smallest absolute Gasteiger partial charge is 0.299 e. The lowest BCUT2D eigenvalue weighted by atomic mass is 10.1. The van der Waals surface area contributed by atoms with Gasteiger partial charge in [-0.2, -0.15) is 5.26 Å². The molecule has 0 saturated heterocycles. The molecule has 2 N–H and O–H groups in total. The molecule has 0 aliphatic rings. The number of nitrogens with one attached hydrogen (secondary N) is 2. The summed E-state index contributed by atoms with van der Waals surface area (Å²) < 4.78 is 1.43. The van der Waals surface area contributed by atoms with Gasteiger partial charge in [-0.3, -0.25) is 9.88 Å². The molecule has 0 spiro atoms. The second-order valence-electron chi connectivity index (χ2n) is 4.03. The highest BCUT2D eigenvalue weighted by molar-refractivity contribution is 7.99. The summed E-state index contributed by atoms with van der Waals surface area (Å²) >= 11 is 1.39. The molecule has 0 amide bonds. The molecule has 0 saturated carbocycles. The molecule has 0 fully saturated rings. The Kier molecular flexibility index (Phi) is 4.78. The highest BCUT2D eigenvalue weighted by Gasteiger charge is 2.24. The van der Waals surface area contributed by atoms with Crippen LogP contribution in [0.2, 0.25) is 0 Å². The monoisotopic (exact) mass is 255 g/mol. The maximum absolute atomic E-state index is 11.2. The van der Waals surface area contributed by atoms with E-state index >= 15 is 0 Å². The van der Waals surface area contributed by atoms with Gasteiger partial charge in [0.25, 0.3) is 0 Å². The van der Waals surface area contributed by atoms with Crippen molar-refractivity contribution in [2.24, 2.45) is 7.05 Å². The molecular weight excluding hydrogens is 238 g/mol. The van der Waals surface area contributed by atoms with Crippen molar-refractivity contribution in [3.63, 3.8) is 0 Å². The van der Waals surface area contributed by atoms with E-state index in [0.29, 0.717) is 10.9 Å². The summed E-state index contributed by atoms with van der Waals surface area (Å²) in [7, 11) is 1.65. The van der Waals surface area contributed by atoms with E-state index in [0.717, 1.165) is 13.0 Å². The summed E-state index contributed by atoms with van der Waals surface area (Å²) in [5.74, 6) is 0.543. The number of nitrogens with zero attached hydrogens (tertiary/aromatic N) is 3. The Morgan fingerprint density at radius 1 is 1.71 bits per heavy atom. The predicted molar refractivity (Wildman–Crippen MR) is 66.9 cm³/mol. The van der Waals surface area contributed by atoms with Gasteiger partial charge in [-0.05, 0) is 19.9 Å². The molecule has 6 nitrogen and oxygen atoms in total. The molecule has 0 radical (unpaired) electrons. The maximum Gasteiger partial charge on any atom is 0.343 e. The second-order valence-corrected chi connectivity index (χ2v) is 4.97. The van der Waals surface area contributed by atoms with Crippen LogP contribution in [0.4, 0.5) is 0 Å². The minimum atomic E-state index is -0.602. The van der Waals surface area contributed by atoms with Crippen LogP contribution in [0, 0.1) is 11.3 Å². The fourth-order valence-electron chi connectivity index (χ4n) is 1.19. The van der Waals surface area contributed by atoms with Crippen LogP contribution < -0.4 is 11.0 Å². The summed E-state index contributed by atoms with van der Waals surface area (Å²) in [6.45, 7) is 4.69. The molecule has 94 valence electrons. The number of thioether (sulfide) groups is 1. The van der Waals surface area contributed by atoms with Crippen LogP contribution in [0.25, 0.3) is 0 Å². The summed E-state index contributed by atoms with van der Waals surface area (Å²) in [4.78, 5) is 11.2. The molecule has 0 aliphatic carbocycles. The van der Waals surface area contributed by atoms with Crippen LogP contribution in [0.1, 0.15) is 20.3 Å². The van der Waals surface area contributed by atoms with Crippen LogP contribution in [-0.4, -0.2) is 32.6 Å². The van der Waals surface area contributed by atoms with E-state index in [1.165, 1.54) is 16.3 Å². The van der Waals surface area contributed by atoms with Gasteiger partial charge in [0, 0.05) is 12.8 Å². The van der Waals surface area contributed by atoms with Crippen LogP contribution >= 0.6 is 11.8 Å². The van der Waals surface area contributed by atoms with E-state index in [9.17, 15) is 4.79 Å². The number of aromatic amines is 1. The molecule has 1 unspecified atom stereocenters. The Morgan fingerprint density at radius 2 is 2.41 bits per heavy atom. The standard InChI is InChI=1S/C10H17N5OS/c1-4-5-12-10(2,6-11)7-17-9-14-13-8(16)15(9)3/h12H,4-5,7H2,1-3H3,(H,13,16). The van der Waals surface area contributed by atoms with Gasteiger partial charge in [-0.15, -0.1) is 5.10 Å². The maximum atomic E-state index is 11.2. The van der Waals surface area contributed by atoms with Gasteiger partial charge in [0.1, 0.15) is 5.54 Å². The number of nitriles is 1. The van der Waals surface area contributed by atoms with Crippen molar-refractivity contribution in [1.29, 1.82) is 5.26 Å². The Morgan fingerprint density at radius 3 is 2.88 bits per heavy atom. The Labute approximate surface area is 104 Å². The molecule has 1 atom stereocenters. The number of hydrogen-bond acceptors (Lipinski definition) is 5. The summed E-state index contributed by atoms with van der Waals surface area (Å²) in [5.41, 5.74) is -0.844. The number of hydrogen-bond donors (Lipinski definition) is 2. The zero-order valence-corrected chi connectivity index (χ0v) is 11.1. The number of aromatic nitrogens is 3. The highest BCUT2D eigenvalue weighted by atomic mass is 32.2. The third kappa shape index (κ3) is 3.61. The quantitative estimate of drug-likeness (QED) is 0.722. The van der Waals surface area contributed by atoms with E-state index in [2.05, 4.69) is 28.5 Å². The largest absolute Gasteiger partial charge is 0.343 e. The van der Waals surface area contributed by atoms with E-state index < -0.39 is 5.54 Å². The van der Waals surface area contributed by atoms with Gasteiger partial charge < -0.3 is 0 Å². The molecule has 0 aromatic carbocycles. The summed E-state index contributed by atoms with van der Waals surface area (Å²) in [6, 6.07) is 2.25. The lowest BCUT2D eigenvalue weighted by molar-refractivity contribution is 0.493. The molecule has 7 heteroatoms. The van der Waals surface area contributed by atoms with Gasteiger partial charge in [0.05, 0.1) is 6.07 Å². The van der Waals surface area contributed by atoms with Crippen molar-refractivity contribution >= 4 is 11.8 Å². The number of H-pyrrole nitrogens is 1. The Hall–Kier alpha value is -1.26. The fourth-order valence-corrected chi connectivity index (χ4v) is 2.17. The van der Waals surface area contributed by atoms with Gasteiger partial charge in [0.15, 0.2) is 5.16 Å². The molecule has 1 heterocycles. The first-order chi connectivity index (χ1) is 8.02. The summed E-state index contributed by atoms with van der Waals surface area (Å²) in [6.07, 6.45) is 0.975. The lowest BCUT2D eigenvalue weighted by Gasteiger charge is -2.22. The highest BCUT2D eigenvalue weighted by Crippen LogP contribution is 2.18. The van der Waals surface area contributed by atoms with Gasteiger partial charge in [-0.1, -0.05) is 18.7 Å². The van der Waals surface area contributed by atoms with E-state index in [-0.39, 0.29) is 5.69 Å². The SMILES string of the molecule is CCCNC(C)(C#N)CSc1n[nH]c(=O)n1C. The van der Waals surface area contributed by atoms with Crippen molar-refractivity contribution in [3.05, 3.63) is 10.5 Å². The van der Waals surface area contributed by atoms with Gasteiger partial charge in [-0.25, -0.2) is 9.89 Å². The average Bonchev–Trinajstić information content (AvgIpc) is 2.65.